The van der Waals surface area contributed by atoms with Crippen molar-refractivity contribution in [2.45, 2.75) is 39.0 Å². The van der Waals surface area contributed by atoms with Crippen LogP contribution in [0.1, 0.15) is 37.7 Å². The lowest BCUT2D eigenvalue weighted by Gasteiger charge is -2.28. The van der Waals surface area contributed by atoms with Gasteiger partial charge in [-0.25, -0.2) is 9.97 Å². The number of unbranched alkanes of at least 4 members (excludes halogenated alkanes) is 1. The summed E-state index contributed by atoms with van der Waals surface area (Å²) in [6.45, 7) is 5.15. The first-order chi connectivity index (χ1) is 14.5. The largest absolute Gasteiger partial charge is 0.478 e. The fourth-order valence-corrected chi connectivity index (χ4v) is 4.61. The summed E-state index contributed by atoms with van der Waals surface area (Å²) in [6, 6.07) is 5.79. The molecule has 1 aliphatic rings. The van der Waals surface area contributed by atoms with E-state index in [0.717, 1.165) is 49.8 Å². The van der Waals surface area contributed by atoms with E-state index in [2.05, 4.69) is 37.8 Å². The lowest BCUT2D eigenvalue weighted by molar-refractivity contribution is 0.205. The molecule has 2 aromatic heterocycles. The van der Waals surface area contributed by atoms with Gasteiger partial charge < -0.3 is 14.6 Å². The molecule has 1 saturated heterocycles. The summed E-state index contributed by atoms with van der Waals surface area (Å²) >= 11 is 9.83. The Balaban J connectivity index is 1.36. The maximum Gasteiger partial charge on any atom is 0.213 e. The van der Waals surface area contributed by atoms with Crippen LogP contribution in [0.2, 0.25) is 5.02 Å². The number of rotatable bonds is 7. The smallest absolute Gasteiger partial charge is 0.213 e. The van der Waals surface area contributed by atoms with Crippen LogP contribution in [0.4, 0.5) is 0 Å². The Kier molecular flexibility index (Phi) is 6.96. The minimum Gasteiger partial charge on any atom is -0.478 e. The van der Waals surface area contributed by atoms with Gasteiger partial charge in [-0.1, -0.05) is 18.0 Å². The van der Waals surface area contributed by atoms with Crippen LogP contribution in [0.5, 0.6) is 5.88 Å². The third-order valence-corrected chi connectivity index (χ3v) is 7.06. The Morgan fingerprint density at radius 3 is 2.87 bits per heavy atom. The summed E-state index contributed by atoms with van der Waals surface area (Å²) < 4.78 is 6.82. The van der Waals surface area contributed by atoms with Gasteiger partial charge in [-0.3, -0.25) is 0 Å². The highest BCUT2D eigenvalue weighted by Crippen LogP contribution is 2.32. The predicted molar refractivity (Wildman–Crippen MR) is 126 cm³/mol. The molecule has 1 N–H and O–H groups in total. The lowest BCUT2D eigenvalue weighted by atomic mass is 9.92. The predicted octanol–water partition coefficient (Wildman–Crippen LogP) is 6.24. The molecule has 0 bridgehead atoms. The second-order valence-corrected chi connectivity index (χ2v) is 9.51. The fourth-order valence-electron chi connectivity index (χ4n) is 4.06. The molecule has 3 aromatic rings. The van der Waals surface area contributed by atoms with Gasteiger partial charge in [0.05, 0.1) is 17.6 Å². The van der Waals surface area contributed by atoms with Crippen LogP contribution < -0.4 is 4.74 Å². The van der Waals surface area contributed by atoms with E-state index >= 15 is 0 Å². The average molecular weight is 492 g/mol. The molecule has 30 heavy (non-hydrogen) atoms. The van der Waals surface area contributed by atoms with E-state index in [9.17, 15) is 0 Å². The third kappa shape index (κ3) is 4.98. The first-order valence-corrected chi connectivity index (χ1v) is 11.8. The summed E-state index contributed by atoms with van der Waals surface area (Å²) in [7, 11) is 2.21. The molecule has 0 radical (unpaired) electrons. The highest BCUT2D eigenvalue weighted by atomic mass is 79.9. The van der Waals surface area contributed by atoms with Crippen LogP contribution in [-0.2, 0) is 0 Å². The maximum atomic E-state index is 6.24. The Hall–Kier alpha value is -1.63. The topological polar surface area (TPSA) is 54.0 Å². The molecular formula is C23H28BrClN4O. The van der Waals surface area contributed by atoms with Crippen LogP contribution in [0.25, 0.3) is 22.4 Å². The monoisotopic (exact) mass is 490 g/mol. The van der Waals surface area contributed by atoms with E-state index in [1.54, 1.807) is 6.20 Å². The van der Waals surface area contributed by atoms with Crippen molar-refractivity contribution in [2.75, 3.05) is 26.7 Å². The zero-order valence-electron chi connectivity index (χ0n) is 17.5. The van der Waals surface area contributed by atoms with E-state index in [-0.39, 0.29) is 0 Å². The number of aryl methyl sites for hydroxylation is 1. The molecule has 0 spiro atoms. The zero-order valence-corrected chi connectivity index (χ0v) is 19.9. The van der Waals surface area contributed by atoms with Gasteiger partial charge in [-0.05, 0) is 92.3 Å². The van der Waals surface area contributed by atoms with Gasteiger partial charge in [-0.15, -0.1) is 0 Å². The number of likely N-dealkylation sites (tertiary alicyclic amines) is 1. The molecule has 7 heteroatoms. The molecule has 0 saturated carbocycles. The average Bonchev–Trinajstić information content (AvgIpc) is 3.18. The van der Waals surface area contributed by atoms with Gasteiger partial charge in [0, 0.05) is 27.3 Å². The Morgan fingerprint density at radius 1 is 1.27 bits per heavy atom. The molecule has 0 amide bonds. The number of nitrogens with zero attached hydrogens (tertiary/aromatic N) is 3. The number of benzene rings is 1. The van der Waals surface area contributed by atoms with Crippen LogP contribution in [0, 0.1) is 12.8 Å². The Labute approximate surface area is 191 Å². The molecule has 1 aromatic carbocycles. The molecule has 0 unspecified atom stereocenters. The molecular weight excluding hydrogens is 464 g/mol. The van der Waals surface area contributed by atoms with Gasteiger partial charge >= 0.3 is 0 Å². The molecule has 1 aliphatic heterocycles. The maximum absolute atomic E-state index is 6.24. The number of aromatic nitrogens is 3. The summed E-state index contributed by atoms with van der Waals surface area (Å²) in [5.74, 6) is 2.28. The van der Waals surface area contributed by atoms with E-state index in [1.165, 1.54) is 38.8 Å². The molecule has 0 atom stereocenters. The fraction of sp³-hybridized carbons (Fsp3) is 0.478. The van der Waals surface area contributed by atoms with E-state index in [4.69, 9.17) is 21.3 Å². The molecule has 5 nitrogen and oxygen atoms in total. The lowest BCUT2D eigenvalue weighted by Crippen LogP contribution is -2.30. The number of imidazole rings is 1. The van der Waals surface area contributed by atoms with Crippen LogP contribution >= 0.6 is 27.5 Å². The quantitative estimate of drug-likeness (QED) is 0.397. The molecule has 0 aliphatic carbocycles. The van der Waals surface area contributed by atoms with Crippen molar-refractivity contribution >= 4 is 38.6 Å². The van der Waals surface area contributed by atoms with Gasteiger partial charge in [0.25, 0.3) is 0 Å². The summed E-state index contributed by atoms with van der Waals surface area (Å²) in [5.41, 5.74) is 3.76. The van der Waals surface area contributed by atoms with E-state index in [1.807, 2.05) is 25.1 Å². The van der Waals surface area contributed by atoms with Crippen LogP contribution in [0.3, 0.4) is 0 Å². The first-order valence-electron chi connectivity index (χ1n) is 10.6. The van der Waals surface area contributed by atoms with Crippen molar-refractivity contribution in [3.63, 3.8) is 0 Å². The minimum atomic E-state index is 0.628. The van der Waals surface area contributed by atoms with Crippen molar-refractivity contribution in [2.24, 2.45) is 5.92 Å². The standard InChI is InChI=1S/C23H28BrClN4O/c1-15-19(25)6-7-20-22(15)28-23(27-20)17-13-21(26-14-18(17)24)30-12-4-3-5-16-8-10-29(2)11-9-16/h6-7,13-14,16H,3-5,8-12H2,1-2H3,(H,27,28). The first kappa shape index (κ1) is 21.6. The van der Waals surface area contributed by atoms with Gasteiger partial charge in [0.15, 0.2) is 0 Å². The number of halogens is 2. The number of pyridine rings is 1. The summed E-state index contributed by atoms with van der Waals surface area (Å²) in [4.78, 5) is 15.0. The number of piperidine rings is 1. The number of hydrogen-bond donors (Lipinski definition) is 1. The van der Waals surface area contributed by atoms with Crippen LogP contribution in [-0.4, -0.2) is 46.6 Å². The minimum absolute atomic E-state index is 0.628. The molecule has 1 fully saturated rings. The highest BCUT2D eigenvalue weighted by molar-refractivity contribution is 9.10. The van der Waals surface area contributed by atoms with Crippen molar-refractivity contribution < 1.29 is 4.74 Å². The van der Waals surface area contributed by atoms with E-state index < -0.39 is 0 Å². The van der Waals surface area contributed by atoms with Crippen molar-refractivity contribution in [1.29, 1.82) is 0 Å². The number of aromatic amines is 1. The van der Waals surface area contributed by atoms with Crippen LogP contribution in [0.15, 0.2) is 28.9 Å². The summed E-state index contributed by atoms with van der Waals surface area (Å²) in [5, 5.41) is 0.721. The highest BCUT2D eigenvalue weighted by Gasteiger charge is 2.16. The third-order valence-electron chi connectivity index (χ3n) is 6.02. The number of nitrogens with one attached hydrogen (secondary N) is 1. The summed E-state index contributed by atoms with van der Waals surface area (Å²) in [6.07, 6.45) is 8.00. The zero-order chi connectivity index (χ0) is 21.1. The normalized spacial score (nSPS) is 15.7. The van der Waals surface area contributed by atoms with Gasteiger partial charge in [-0.2, -0.15) is 0 Å². The Morgan fingerprint density at radius 2 is 2.07 bits per heavy atom. The number of H-pyrrole nitrogens is 1. The second kappa shape index (κ2) is 9.67. The van der Waals surface area contributed by atoms with E-state index in [0.29, 0.717) is 12.5 Å². The SMILES string of the molecule is Cc1c(Cl)ccc2[nH]c(-c3cc(OCCCCC4CCN(C)CC4)ncc3Br)nc12. The number of fused-ring (bicyclic) bond motifs is 1. The van der Waals surface area contributed by atoms with Crippen molar-refractivity contribution in [3.8, 4) is 17.3 Å². The van der Waals surface area contributed by atoms with Gasteiger partial charge in [0.2, 0.25) is 5.88 Å². The molecule has 160 valence electrons. The number of ether oxygens (including phenoxy) is 1. The number of hydrogen-bond acceptors (Lipinski definition) is 4. The molecule has 3 heterocycles. The second-order valence-electron chi connectivity index (χ2n) is 8.25. The molecule has 4 rings (SSSR count). The van der Waals surface area contributed by atoms with Gasteiger partial charge in [0.1, 0.15) is 5.82 Å². The Bertz CT molecular complexity index is 1010. The van der Waals surface area contributed by atoms with Crippen molar-refractivity contribution in [1.82, 2.24) is 19.9 Å². The van der Waals surface area contributed by atoms with Crippen molar-refractivity contribution in [3.05, 3.63) is 39.5 Å².